The fourth-order valence-corrected chi connectivity index (χ4v) is 15.9. The number of fused-ring (bicyclic) bond motifs is 10. The van der Waals surface area contributed by atoms with Crippen molar-refractivity contribution in [1.82, 2.24) is 9.97 Å². The quantitative estimate of drug-likeness (QED) is 0.0772. The van der Waals surface area contributed by atoms with Crippen LogP contribution in [0.25, 0.3) is 89.1 Å². The number of aromatic nitrogens is 2. The number of methoxy groups -OCH3 is 8. The second kappa shape index (κ2) is 30.7. The van der Waals surface area contributed by atoms with Gasteiger partial charge in [0.2, 0.25) is 0 Å². The highest BCUT2D eigenvalue weighted by atomic mass is 16.5. The molecule has 0 radical (unpaired) electrons. The number of benzene rings is 12. The number of allylic oxidation sites excluding steroid dienone is 4. The van der Waals surface area contributed by atoms with Crippen LogP contribution < -0.4 is 48.6 Å². The average molecular weight is 1460 g/mol. The van der Waals surface area contributed by atoms with Crippen molar-refractivity contribution < 1.29 is 37.9 Å². The van der Waals surface area contributed by atoms with E-state index in [0.717, 1.165) is 156 Å². The third-order valence-electron chi connectivity index (χ3n) is 21.0. The molecule has 3 aliphatic rings. The molecule has 2 aromatic heterocycles. The lowest BCUT2D eigenvalue weighted by atomic mass is 9.83. The number of H-pyrrole nitrogens is 2. The van der Waals surface area contributed by atoms with Crippen LogP contribution >= 0.6 is 0 Å². The van der Waals surface area contributed by atoms with Crippen molar-refractivity contribution in [2.75, 3.05) is 56.9 Å². The van der Waals surface area contributed by atoms with E-state index < -0.39 is 0 Å². The van der Waals surface area contributed by atoms with E-state index in [-0.39, 0.29) is 0 Å². The SMILES string of the molecule is COc1cccc(C2=C(c3cccc(OC)c3)C3=C(c4ccccc4)c4[nH]c(c(-c5cccc(OC)c5)c4-c4cccc(OC)c4)C(c4ccccc4)=C4N=C(C(c5cccc(OC)c5)=C4c4cccc(OC)c4)C(c4ccccc4)=c4[nH]c(c(-c5cccc(OC)c5)c4-c4cccc(OC)c4)=C(c4ccccc4)C2=N3)c1. The van der Waals surface area contributed by atoms with Gasteiger partial charge in [-0.2, -0.15) is 0 Å². The second-order valence-electron chi connectivity index (χ2n) is 27.2. The highest BCUT2D eigenvalue weighted by Gasteiger charge is 2.40. The Morgan fingerprint density at radius 3 is 0.661 bits per heavy atom. The third kappa shape index (κ3) is 12.9. The zero-order chi connectivity index (χ0) is 76.3. The van der Waals surface area contributed by atoms with Crippen LogP contribution in [0.4, 0.5) is 0 Å². The summed E-state index contributed by atoms with van der Waals surface area (Å²) in [7, 11) is 13.7. The van der Waals surface area contributed by atoms with Crippen LogP contribution in [0.5, 0.6) is 46.0 Å². The van der Waals surface area contributed by atoms with Gasteiger partial charge in [-0.25, -0.2) is 9.98 Å². The first-order valence-corrected chi connectivity index (χ1v) is 37.0. The summed E-state index contributed by atoms with van der Waals surface area (Å²) in [6.07, 6.45) is 0. The smallest absolute Gasteiger partial charge is 0.119 e. The number of rotatable bonds is 20. The Morgan fingerprint density at radius 1 is 0.188 bits per heavy atom. The van der Waals surface area contributed by atoms with E-state index in [1.54, 1.807) is 56.9 Å². The van der Waals surface area contributed by atoms with Crippen molar-refractivity contribution in [2.45, 2.75) is 0 Å². The maximum Gasteiger partial charge on any atom is 0.119 e. The first-order chi connectivity index (χ1) is 55.2. The van der Waals surface area contributed by atoms with Gasteiger partial charge in [0.25, 0.3) is 0 Å². The van der Waals surface area contributed by atoms with E-state index in [1.807, 2.05) is 48.5 Å². The van der Waals surface area contributed by atoms with E-state index in [1.165, 1.54) is 0 Å². The predicted octanol–water partition coefficient (Wildman–Crippen LogP) is 20.8. The first kappa shape index (κ1) is 70.6. The molecule has 0 unspecified atom stereocenters. The Bertz CT molecular complexity index is 5960. The summed E-state index contributed by atoms with van der Waals surface area (Å²) in [5, 5.41) is 1.47. The van der Waals surface area contributed by atoms with Gasteiger partial charge in [-0.15, -0.1) is 0 Å². The molecule has 1 aliphatic carbocycles. The van der Waals surface area contributed by atoms with Crippen LogP contribution in [-0.2, 0) is 0 Å². The van der Waals surface area contributed by atoms with E-state index in [9.17, 15) is 0 Å². The molecule has 12 heteroatoms. The lowest BCUT2D eigenvalue weighted by molar-refractivity contribution is 0.414. The minimum Gasteiger partial charge on any atom is -0.497 e. The highest BCUT2D eigenvalue weighted by Crippen LogP contribution is 2.55. The Balaban J connectivity index is 1.26. The monoisotopic (exact) mass is 1460 g/mol. The molecular weight excluding hydrogens is 1390 g/mol. The number of aromatic amines is 2. The number of nitrogens with one attached hydrogen (secondary N) is 2. The molecule has 12 aromatic carbocycles. The molecule has 0 atom stereocenters. The largest absolute Gasteiger partial charge is 0.497 e. The summed E-state index contributed by atoms with van der Waals surface area (Å²) in [6, 6.07) is 109. The number of hydrogen-bond donors (Lipinski definition) is 2. The summed E-state index contributed by atoms with van der Waals surface area (Å²) in [5.74, 6) is 5.23. The number of aliphatic imine (C=N–C) groups is 2. The Morgan fingerprint density at radius 2 is 0.402 bits per heavy atom. The fraction of sp³-hybridized carbons (Fsp3) is 0.0800. The Kier molecular flexibility index (Phi) is 19.4. The zero-order valence-electron chi connectivity index (χ0n) is 63.2. The van der Waals surface area contributed by atoms with E-state index in [4.69, 9.17) is 47.9 Å². The van der Waals surface area contributed by atoms with Crippen LogP contribution in [0, 0.1) is 0 Å². The van der Waals surface area contributed by atoms with Crippen molar-refractivity contribution in [3.05, 3.63) is 393 Å². The van der Waals surface area contributed by atoms with E-state index in [2.05, 4.69) is 277 Å². The van der Waals surface area contributed by atoms with Gasteiger partial charge in [0.15, 0.2) is 0 Å². The van der Waals surface area contributed by atoms with Crippen LogP contribution in [0.3, 0.4) is 0 Å². The molecule has 8 bridgehead atoms. The molecular formula is C100H78N4O8. The van der Waals surface area contributed by atoms with Gasteiger partial charge in [0, 0.05) is 66.8 Å². The summed E-state index contributed by atoms with van der Waals surface area (Å²) in [5.41, 5.74) is 23.9. The lowest BCUT2D eigenvalue weighted by Gasteiger charge is -2.18. The van der Waals surface area contributed by atoms with Crippen molar-refractivity contribution in [1.29, 1.82) is 0 Å². The predicted molar refractivity (Wildman–Crippen MR) is 452 cm³/mol. The molecule has 0 amide bonds. The van der Waals surface area contributed by atoms with E-state index in [0.29, 0.717) is 68.8 Å². The van der Waals surface area contributed by atoms with Crippen molar-refractivity contribution in [3.63, 3.8) is 0 Å². The first-order valence-electron chi connectivity index (χ1n) is 37.0. The maximum atomic E-state index is 6.55. The van der Waals surface area contributed by atoms with Crippen LogP contribution in [0.15, 0.2) is 337 Å². The minimum absolute atomic E-state index is 0.647. The molecule has 0 saturated heterocycles. The highest BCUT2D eigenvalue weighted by molar-refractivity contribution is 6.53. The molecule has 112 heavy (non-hydrogen) atoms. The summed E-state index contributed by atoms with van der Waals surface area (Å²) < 4.78 is 50.4. The maximum absolute atomic E-state index is 6.55. The van der Waals surface area contributed by atoms with Crippen molar-refractivity contribution >= 4 is 56.0 Å². The normalized spacial score (nSPS) is 13.3. The molecule has 0 fully saturated rings. The molecule has 0 saturated carbocycles. The summed E-state index contributed by atoms with van der Waals surface area (Å²) in [4.78, 5) is 22.0. The molecule has 12 nitrogen and oxygen atoms in total. The molecule has 17 rings (SSSR count). The standard InChI is InChI=1S/C100H78N4O8/c1-105-73-45-21-37-65(53-73)81-82(66-38-22-46-74(54-66)106-2)94-90(62-31-15-10-16-32-62)96-85(69-41-25-49-77(57-69)109-5)86(70-42-26-50-78(58-70)110-6)98(103-96)92(64-35-19-12-20-36-64)100-88(72-44-28-52-80(60-72)112-8)87(71-43-27-51-79(59-71)111-7)99(104-100)91(63-33-17-11-18-34-63)97-84(68-40-24-48-76(56-68)108-4)83(67-39-23-47-75(55-67)107-3)95(102-97)89(93(81)101-94)61-29-13-9-14-30-61/h9-60,101,104H,1-8H3. The summed E-state index contributed by atoms with van der Waals surface area (Å²) in [6.45, 7) is 0. The van der Waals surface area contributed by atoms with Gasteiger partial charge in [-0.05, 0) is 164 Å². The number of hydrogen-bond acceptors (Lipinski definition) is 10. The average Bonchev–Trinajstić information content (AvgIpc) is 1.55. The van der Waals surface area contributed by atoms with Crippen LogP contribution in [0.1, 0.15) is 55.9 Å². The van der Waals surface area contributed by atoms with Gasteiger partial charge >= 0.3 is 0 Å². The third-order valence-corrected chi connectivity index (χ3v) is 21.0. The van der Waals surface area contributed by atoms with Crippen molar-refractivity contribution in [3.8, 4) is 90.5 Å². The lowest BCUT2D eigenvalue weighted by Crippen LogP contribution is -2.23. The molecule has 4 heterocycles. The fourth-order valence-electron chi connectivity index (χ4n) is 15.9. The van der Waals surface area contributed by atoms with Crippen LogP contribution in [-0.4, -0.2) is 78.3 Å². The topological polar surface area (TPSA) is 130 Å². The van der Waals surface area contributed by atoms with Gasteiger partial charge in [-0.3, -0.25) is 0 Å². The number of nitrogens with zero attached hydrogens (tertiary/aromatic N) is 2. The second-order valence-corrected chi connectivity index (χ2v) is 27.2. The molecule has 2 N–H and O–H groups in total. The molecule has 14 aromatic rings. The Labute approximate surface area is 650 Å². The van der Waals surface area contributed by atoms with Gasteiger partial charge < -0.3 is 47.9 Å². The Hall–Kier alpha value is -14.4. The molecule has 0 spiro atoms. The minimum atomic E-state index is 0.647. The van der Waals surface area contributed by atoms with E-state index >= 15 is 0 Å². The number of ether oxygens (including phenoxy) is 8. The van der Waals surface area contributed by atoms with Crippen LogP contribution in [0.2, 0.25) is 0 Å². The van der Waals surface area contributed by atoms with Crippen molar-refractivity contribution in [2.24, 2.45) is 9.98 Å². The van der Waals surface area contributed by atoms with Gasteiger partial charge in [-0.1, -0.05) is 218 Å². The molecule has 2 aliphatic heterocycles. The van der Waals surface area contributed by atoms with Gasteiger partial charge in [0.05, 0.1) is 102 Å². The zero-order valence-corrected chi connectivity index (χ0v) is 63.2. The van der Waals surface area contributed by atoms with Gasteiger partial charge in [0.1, 0.15) is 46.0 Å². The molecule has 546 valence electrons. The summed E-state index contributed by atoms with van der Waals surface area (Å²) >= 11 is 0.